The van der Waals surface area contributed by atoms with Gasteiger partial charge < -0.3 is 20.1 Å². The van der Waals surface area contributed by atoms with Crippen LogP contribution in [0.4, 0.5) is 9.18 Å². The number of hydrogen-bond acceptors (Lipinski definition) is 7. The number of methoxy groups -OCH3 is 1. The molecule has 2 aromatic rings. The second-order valence-electron chi connectivity index (χ2n) is 9.13. The number of nitrogens with zero attached hydrogens (tertiary/aromatic N) is 4. The van der Waals surface area contributed by atoms with E-state index in [2.05, 4.69) is 9.97 Å². The minimum atomic E-state index is -1.08. The third-order valence-electron chi connectivity index (χ3n) is 5.89. The Bertz CT molecular complexity index is 967. The van der Waals surface area contributed by atoms with Crippen LogP contribution in [0.25, 0.3) is 11.0 Å². The maximum atomic E-state index is 14.8. The normalized spacial score (nSPS) is 20.8. The van der Waals surface area contributed by atoms with Crippen LogP contribution in [-0.4, -0.2) is 92.2 Å². The van der Waals surface area contributed by atoms with Gasteiger partial charge in [-0.3, -0.25) is 14.8 Å². The number of aromatic nitrogens is 2. The Hall–Kier alpha value is -2.56. The van der Waals surface area contributed by atoms with Gasteiger partial charge >= 0.3 is 6.09 Å². The summed E-state index contributed by atoms with van der Waals surface area (Å²) in [5.41, 5.74) is 0.400. The molecule has 0 spiro atoms. The average molecular weight is 451 g/mol. The molecule has 0 radical (unpaired) electrons. The number of rotatable bonds is 6. The lowest BCUT2D eigenvalue weighted by atomic mass is 9.92. The minimum absolute atomic E-state index is 0.211. The molecule has 1 fully saturated rings. The largest absolute Gasteiger partial charge is 0.481 e. The van der Waals surface area contributed by atoms with E-state index in [1.807, 2.05) is 4.90 Å². The Morgan fingerprint density at radius 3 is 2.69 bits per heavy atom. The Morgan fingerprint density at radius 1 is 1.41 bits per heavy atom. The van der Waals surface area contributed by atoms with E-state index < -0.39 is 35.5 Å². The topological polar surface area (TPSA) is 119 Å². The standard InChI is InChI=1S/C22H31FN4O5/c1-22(2,3)27(21(30)31)16-7-8-26(11-17(16)29)10-13(12-28)19-14(23)9-24-15-5-6-18(32-4)25-20(15)19/h5-6,9,13,16-17,28-29H,7-8,10-12H2,1-4H3,(H,30,31)/t13?,16-,17-/m0/s1. The molecule has 9 nitrogen and oxygen atoms in total. The minimum Gasteiger partial charge on any atom is -0.481 e. The smallest absolute Gasteiger partial charge is 0.408 e. The van der Waals surface area contributed by atoms with Crippen LogP contribution in [0, 0.1) is 5.82 Å². The maximum Gasteiger partial charge on any atom is 0.408 e. The molecule has 1 unspecified atom stereocenters. The molecule has 1 saturated heterocycles. The first-order valence-corrected chi connectivity index (χ1v) is 10.6. The summed E-state index contributed by atoms with van der Waals surface area (Å²) >= 11 is 0. The van der Waals surface area contributed by atoms with Gasteiger partial charge in [-0.2, -0.15) is 0 Å². The van der Waals surface area contributed by atoms with Gasteiger partial charge in [0.15, 0.2) is 0 Å². The first-order chi connectivity index (χ1) is 15.1. The second-order valence-corrected chi connectivity index (χ2v) is 9.13. The zero-order valence-electron chi connectivity index (χ0n) is 18.8. The number of pyridine rings is 2. The van der Waals surface area contributed by atoms with Crippen molar-refractivity contribution < 1.29 is 29.2 Å². The van der Waals surface area contributed by atoms with Crippen LogP contribution < -0.4 is 4.74 Å². The SMILES string of the molecule is COc1ccc2ncc(F)c(C(CO)CN3CC[C@H](N(C(=O)O)C(C)(C)C)[C@@H](O)C3)c2n1. The molecule has 1 amide bonds. The molecule has 3 N–H and O–H groups in total. The fourth-order valence-electron chi connectivity index (χ4n) is 4.48. The third kappa shape index (κ3) is 4.92. The fourth-order valence-corrected chi connectivity index (χ4v) is 4.48. The van der Waals surface area contributed by atoms with E-state index in [0.29, 0.717) is 29.9 Å². The maximum absolute atomic E-state index is 14.8. The first-order valence-electron chi connectivity index (χ1n) is 10.6. The molecular weight excluding hydrogens is 419 g/mol. The molecule has 32 heavy (non-hydrogen) atoms. The number of carbonyl (C=O) groups is 1. The number of fused-ring (bicyclic) bond motifs is 1. The number of amides is 1. The van der Waals surface area contributed by atoms with Gasteiger partial charge in [0.05, 0.1) is 43.1 Å². The van der Waals surface area contributed by atoms with Crippen molar-refractivity contribution in [3.8, 4) is 5.88 Å². The molecule has 0 bridgehead atoms. The molecule has 3 atom stereocenters. The highest BCUT2D eigenvalue weighted by molar-refractivity contribution is 5.79. The van der Waals surface area contributed by atoms with Crippen LogP contribution >= 0.6 is 0 Å². The zero-order chi connectivity index (χ0) is 23.6. The van der Waals surface area contributed by atoms with Gasteiger partial charge in [-0.25, -0.2) is 14.2 Å². The number of β-amino-alcohol motifs (C(OH)–C–C–N with tert-alkyl or cyclic N) is 1. The number of aliphatic hydroxyl groups is 2. The quantitative estimate of drug-likeness (QED) is 0.612. The summed E-state index contributed by atoms with van der Waals surface area (Å²) in [4.78, 5) is 23.4. The lowest BCUT2D eigenvalue weighted by Gasteiger charge is -2.46. The highest BCUT2D eigenvalue weighted by Gasteiger charge is 2.40. The number of halogens is 1. The van der Waals surface area contributed by atoms with Gasteiger partial charge in [0, 0.05) is 42.7 Å². The lowest BCUT2D eigenvalue weighted by molar-refractivity contribution is -0.0369. The molecule has 2 aromatic heterocycles. The van der Waals surface area contributed by atoms with E-state index in [1.54, 1.807) is 32.9 Å². The summed E-state index contributed by atoms with van der Waals surface area (Å²) in [7, 11) is 1.47. The van der Waals surface area contributed by atoms with Gasteiger partial charge in [-0.05, 0) is 33.3 Å². The van der Waals surface area contributed by atoms with Gasteiger partial charge in [0.2, 0.25) is 5.88 Å². The number of ether oxygens (including phenoxy) is 1. The van der Waals surface area contributed by atoms with E-state index in [-0.39, 0.29) is 25.3 Å². The van der Waals surface area contributed by atoms with Gasteiger partial charge in [0.1, 0.15) is 5.82 Å². The van der Waals surface area contributed by atoms with Gasteiger partial charge in [-0.15, -0.1) is 0 Å². The van der Waals surface area contributed by atoms with Gasteiger partial charge in [-0.1, -0.05) is 0 Å². The van der Waals surface area contributed by atoms with E-state index in [1.165, 1.54) is 12.0 Å². The number of aliphatic hydroxyl groups excluding tert-OH is 2. The van der Waals surface area contributed by atoms with Crippen molar-refractivity contribution in [3.05, 3.63) is 29.7 Å². The van der Waals surface area contributed by atoms with Crippen molar-refractivity contribution in [2.75, 3.05) is 33.4 Å². The molecular formula is C22H31FN4O5. The molecule has 0 saturated carbocycles. The summed E-state index contributed by atoms with van der Waals surface area (Å²) in [6, 6.07) is 2.77. The summed E-state index contributed by atoms with van der Waals surface area (Å²) in [5, 5.41) is 30.5. The Balaban J connectivity index is 1.82. The lowest BCUT2D eigenvalue weighted by Crippen LogP contribution is -2.61. The van der Waals surface area contributed by atoms with E-state index in [9.17, 15) is 24.5 Å². The van der Waals surface area contributed by atoms with E-state index in [4.69, 9.17) is 4.74 Å². The molecule has 1 aliphatic heterocycles. The van der Waals surface area contributed by atoms with Crippen molar-refractivity contribution in [1.82, 2.24) is 19.8 Å². The molecule has 3 rings (SSSR count). The molecule has 10 heteroatoms. The van der Waals surface area contributed by atoms with Crippen molar-refractivity contribution in [1.29, 1.82) is 0 Å². The number of likely N-dealkylation sites (tertiary alicyclic amines) is 1. The number of hydrogen-bond donors (Lipinski definition) is 3. The Morgan fingerprint density at radius 2 is 2.12 bits per heavy atom. The second kappa shape index (κ2) is 9.51. The Kier molecular flexibility index (Phi) is 7.16. The predicted molar refractivity (Wildman–Crippen MR) is 116 cm³/mol. The Labute approximate surface area is 186 Å². The monoisotopic (exact) mass is 450 g/mol. The highest BCUT2D eigenvalue weighted by atomic mass is 19.1. The van der Waals surface area contributed by atoms with Crippen LogP contribution in [0.1, 0.15) is 38.7 Å². The van der Waals surface area contributed by atoms with E-state index in [0.717, 1.165) is 6.20 Å². The van der Waals surface area contributed by atoms with Crippen LogP contribution in [0.3, 0.4) is 0 Å². The summed E-state index contributed by atoms with van der Waals surface area (Å²) in [5.74, 6) is -0.866. The number of carboxylic acid groups (broad SMARTS) is 1. The van der Waals surface area contributed by atoms with Crippen LogP contribution in [0.5, 0.6) is 5.88 Å². The number of piperidine rings is 1. The van der Waals surface area contributed by atoms with Gasteiger partial charge in [0.25, 0.3) is 0 Å². The molecule has 1 aliphatic rings. The molecule has 0 aliphatic carbocycles. The predicted octanol–water partition coefficient (Wildman–Crippen LogP) is 2.07. The van der Waals surface area contributed by atoms with Crippen molar-refractivity contribution in [2.45, 2.75) is 50.8 Å². The fraction of sp³-hybridized carbons (Fsp3) is 0.591. The third-order valence-corrected chi connectivity index (χ3v) is 5.89. The van der Waals surface area contributed by atoms with Crippen molar-refractivity contribution in [2.24, 2.45) is 0 Å². The zero-order valence-corrected chi connectivity index (χ0v) is 18.8. The average Bonchev–Trinajstić information content (AvgIpc) is 2.72. The molecule has 176 valence electrons. The summed E-state index contributed by atoms with van der Waals surface area (Å²) in [6.07, 6.45) is -0.442. The van der Waals surface area contributed by atoms with Crippen LogP contribution in [0.15, 0.2) is 18.3 Å². The van der Waals surface area contributed by atoms with Crippen LogP contribution in [-0.2, 0) is 0 Å². The van der Waals surface area contributed by atoms with Crippen LogP contribution in [0.2, 0.25) is 0 Å². The van der Waals surface area contributed by atoms with Crippen molar-refractivity contribution in [3.63, 3.8) is 0 Å². The molecule has 3 heterocycles. The summed E-state index contributed by atoms with van der Waals surface area (Å²) in [6.45, 7) is 6.04. The summed E-state index contributed by atoms with van der Waals surface area (Å²) < 4.78 is 20.0. The van der Waals surface area contributed by atoms with Crippen molar-refractivity contribution >= 4 is 17.1 Å². The molecule has 0 aromatic carbocycles. The van der Waals surface area contributed by atoms with E-state index >= 15 is 0 Å². The first kappa shape index (κ1) is 24.1. The highest BCUT2D eigenvalue weighted by Crippen LogP contribution is 2.30.